The van der Waals surface area contributed by atoms with Gasteiger partial charge >= 0.3 is 0 Å². The molecule has 0 aromatic carbocycles. The molecular weight excluding hydrogens is 368 g/mol. The molecule has 4 unspecified atom stereocenters. The van der Waals surface area contributed by atoms with E-state index in [-0.39, 0.29) is 12.5 Å². The second kappa shape index (κ2) is 14.0. The molecule has 0 saturated heterocycles. The van der Waals surface area contributed by atoms with Crippen LogP contribution in [0.4, 0.5) is 0 Å². The summed E-state index contributed by atoms with van der Waals surface area (Å²) in [6.07, 6.45) is 1.12. The van der Waals surface area contributed by atoms with Crippen molar-refractivity contribution in [1.82, 2.24) is 15.1 Å². The SMILES string of the molecule is CCN(CCCCCN(C=O)CC(=O)NC(C=O)C(C)O)C(=O)C(N)C(C)O. The number of carbonyl (C=O) groups is 4. The summed E-state index contributed by atoms with van der Waals surface area (Å²) in [7, 11) is 0. The van der Waals surface area contributed by atoms with Crippen molar-refractivity contribution in [3.63, 3.8) is 0 Å². The Morgan fingerprint density at radius 3 is 2.14 bits per heavy atom. The second-order valence-corrected chi connectivity index (χ2v) is 6.79. The van der Waals surface area contributed by atoms with Crippen LogP contribution < -0.4 is 11.1 Å². The minimum Gasteiger partial charge on any atom is -0.391 e. The van der Waals surface area contributed by atoms with Gasteiger partial charge in [-0.3, -0.25) is 14.4 Å². The lowest BCUT2D eigenvalue weighted by molar-refractivity contribution is -0.134. The van der Waals surface area contributed by atoms with E-state index < -0.39 is 30.2 Å². The molecule has 5 N–H and O–H groups in total. The molecule has 4 atom stereocenters. The Morgan fingerprint density at radius 1 is 1.07 bits per heavy atom. The third kappa shape index (κ3) is 9.77. The van der Waals surface area contributed by atoms with E-state index in [1.165, 1.54) is 18.7 Å². The fourth-order valence-electron chi connectivity index (χ4n) is 2.49. The monoisotopic (exact) mass is 402 g/mol. The Balaban J connectivity index is 4.25. The van der Waals surface area contributed by atoms with Gasteiger partial charge in [-0.05, 0) is 40.0 Å². The largest absolute Gasteiger partial charge is 0.391 e. The molecule has 0 aliphatic carbocycles. The highest BCUT2D eigenvalue weighted by atomic mass is 16.3. The first-order valence-corrected chi connectivity index (χ1v) is 9.52. The van der Waals surface area contributed by atoms with Gasteiger partial charge in [0.1, 0.15) is 18.4 Å². The summed E-state index contributed by atoms with van der Waals surface area (Å²) in [4.78, 5) is 48.7. The summed E-state index contributed by atoms with van der Waals surface area (Å²) in [6, 6.07) is -1.95. The molecule has 0 rings (SSSR count). The van der Waals surface area contributed by atoms with Crippen LogP contribution in [-0.2, 0) is 19.2 Å². The van der Waals surface area contributed by atoms with Gasteiger partial charge in [-0.25, -0.2) is 0 Å². The molecule has 0 radical (unpaired) electrons. The molecule has 162 valence electrons. The smallest absolute Gasteiger partial charge is 0.242 e. The number of nitrogens with one attached hydrogen (secondary N) is 1. The van der Waals surface area contributed by atoms with Crippen molar-refractivity contribution in [2.45, 2.75) is 64.3 Å². The zero-order valence-corrected chi connectivity index (χ0v) is 16.9. The highest BCUT2D eigenvalue weighted by Gasteiger charge is 2.23. The van der Waals surface area contributed by atoms with Gasteiger partial charge in [0.2, 0.25) is 18.2 Å². The average Bonchev–Trinajstić information content (AvgIpc) is 2.66. The number of aldehydes is 1. The molecule has 0 aromatic rings. The molecule has 3 amide bonds. The standard InChI is InChI=1S/C18H34N4O6/c1-4-22(18(28)17(19)14(3)26)9-7-5-6-8-21(12-24)10-16(27)20-15(11-23)13(2)25/h11-15,17,25-26H,4-10,19H2,1-3H3,(H,20,27). The second-order valence-electron chi connectivity index (χ2n) is 6.79. The Morgan fingerprint density at radius 2 is 1.68 bits per heavy atom. The first-order valence-electron chi connectivity index (χ1n) is 9.52. The van der Waals surface area contributed by atoms with Crippen LogP contribution in [0, 0.1) is 0 Å². The van der Waals surface area contributed by atoms with Crippen LogP contribution in [0.15, 0.2) is 0 Å². The molecule has 0 heterocycles. The van der Waals surface area contributed by atoms with Gasteiger partial charge in [-0.15, -0.1) is 0 Å². The van der Waals surface area contributed by atoms with E-state index in [1.54, 1.807) is 4.90 Å². The van der Waals surface area contributed by atoms with Crippen molar-refractivity contribution < 1.29 is 29.4 Å². The number of amides is 3. The van der Waals surface area contributed by atoms with E-state index in [9.17, 15) is 29.4 Å². The van der Waals surface area contributed by atoms with Crippen LogP contribution in [0.3, 0.4) is 0 Å². The van der Waals surface area contributed by atoms with E-state index >= 15 is 0 Å². The van der Waals surface area contributed by atoms with Crippen molar-refractivity contribution in [1.29, 1.82) is 0 Å². The maximum atomic E-state index is 12.1. The Kier molecular flexibility index (Phi) is 13.0. The number of carbonyl (C=O) groups excluding carboxylic acids is 4. The van der Waals surface area contributed by atoms with Gasteiger partial charge < -0.3 is 35.9 Å². The van der Waals surface area contributed by atoms with Crippen LogP contribution >= 0.6 is 0 Å². The topological polar surface area (TPSA) is 153 Å². The zero-order valence-electron chi connectivity index (χ0n) is 16.9. The molecule has 10 nitrogen and oxygen atoms in total. The lowest BCUT2D eigenvalue weighted by Gasteiger charge is -2.25. The van der Waals surface area contributed by atoms with Crippen molar-refractivity contribution in [2.24, 2.45) is 5.73 Å². The minimum atomic E-state index is -1.02. The molecule has 28 heavy (non-hydrogen) atoms. The number of aliphatic hydroxyl groups is 2. The van der Waals surface area contributed by atoms with Gasteiger partial charge in [-0.1, -0.05) is 0 Å². The summed E-state index contributed by atoms with van der Waals surface area (Å²) in [5.74, 6) is -0.827. The summed E-state index contributed by atoms with van der Waals surface area (Å²) in [5.41, 5.74) is 5.67. The molecule has 0 aliphatic heterocycles. The third-order valence-electron chi connectivity index (χ3n) is 4.36. The molecule has 0 aliphatic rings. The Hall–Kier alpha value is -2.04. The molecule has 10 heteroatoms. The van der Waals surface area contributed by atoms with Crippen molar-refractivity contribution >= 4 is 24.5 Å². The molecule has 0 aromatic heterocycles. The van der Waals surface area contributed by atoms with E-state index in [2.05, 4.69) is 5.32 Å². The van der Waals surface area contributed by atoms with E-state index in [0.717, 1.165) is 6.42 Å². The normalized spacial score (nSPS) is 15.1. The first-order chi connectivity index (χ1) is 13.2. The highest BCUT2D eigenvalue weighted by molar-refractivity contribution is 5.83. The van der Waals surface area contributed by atoms with Crippen molar-refractivity contribution in [3.05, 3.63) is 0 Å². The lowest BCUT2D eigenvalue weighted by atomic mass is 10.1. The van der Waals surface area contributed by atoms with E-state index in [1.807, 2.05) is 6.92 Å². The Bertz CT molecular complexity index is 500. The van der Waals surface area contributed by atoms with E-state index in [4.69, 9.17) is 5.73 Å². The number of aliphatic hydroxyl groups excluding tert-OH is 2. The van der Waals surface area contributed by atoms with Crippen LogP contribution in [0.1, 0.15) is 40.0 Å². The summed E-state index contributed by atoms with van der Waals surface area (Å²) in [6.45, 7) is 5.81. The van der Waals surface area contributed by atoms with Crippen molar-refractivity contribution in [2.75, 3.05) is 26.2 Å². The predicted octanol–water partition coefficient (Wildman–Crippen LogP) is -1.76. The minimum absolute atomic E-state index is 0.205. The van der Waals surface area contributed by atoms with Crippen LogP contribution in [0.5, 0.6) is 0 Å². The predicted molar refractivity (Wildman–Crippen MR) is 103 cm³/mol. The molecule has 0 spiro atoms. The first kappa shape index (κ1) is 26.0. The van der Waals surface area contributed by atoms with Crippen LogP contribution in [0.2, 0.25) is 0 Å². The average molecular weight is 402 g/mol. The molecular formula is C18H34N4O6. The van der Waals surface area contributed by atoms with Gasteiger partial charge in [0.15, 0.2) is 0 Å². The van der Waals surface area contributed by atoms with Gasteiger partial charge in [0.25, 0.3) is 0 Å². The lowest BCUT2D eigenvalue weighted by Crippen LogP contribution is -2.49. The fraction of sp³-hybridized carbons (Fsp3) is 0.778. The third-order valence-corrected chi connectivity index (χ3v) is 4.36. The van der Waals surface area contributed by atoms with Gasteiger partial charge in [-0.2, -0.15) is 0 Å². The number of nitrogens with two attached hydrogens (primary N) is 1. The van der Waals surface area contributed by atoms with Crippen LogP contribution in [0.25, 0.3) is 0 Å². The zero-order chi connectivity index (χ0) is 21.7. The number of nitrogens with zero attached hydrogens (tertiary/aromatic N) is 2. The number of unbranched alkanes of at least 4 members (excludes halogenated alkanes) is 2. The van der Waals surface area contributed by atoms with E-state index in [0.29, 0.717) is 45.2 Å². The van der Waals surface area contributed by atoms with Gasteiger partial charge in [0, 0.05) is 19.6 Å². The Labute approximate surface area is 166 Å². The number of rotatable bonds is 15. The number of likely N-dealkylation sites (N-methyl/N-ethyl adjacent to an activating group) is 1. The summed E-state index contributed by atoms with van der Waals surface area (Å²) in [5, 5.41) is 21.1. The maximum Gasteiger partial charge on any atom is 0.242 e. The maximum absolute atomic E-state index is 12.1. The number of hydrogen-bond acceptors (Lipinski definition) is 7. The number of hydrogen-bond donors (Lipinski definition) is 4. The van der Waals surface area contributed by atoms with Crippen molar-refractivity contribution in [3.8, 4) is 0 Å². The summed E-state index contributed by atoms with van der Waals surface area (Å²) < 4.78 is 0. The molecule has 0 bridgehead atoms. The fourth-order valence-corrected chi connectivity index (χ4v) is 2.49. The molecule has 0 saturated carbocycles. The highest BCUT2D eigenvalue weighted by Crippen LogP contribution is 2.04. The quantitative estimate of drug-likeness (QED) is 0.187. The van der Waals surface area contributed by atoms with Crippen LogP contribution in [-0.4, -0.2) is 95.0 Å². The van der Waals surface area contributed by atoms with Gasteiger partial charge in [0.05, 0.1) is 18.8 Å². The summed E-state index contributed by atoms with van der Waals surface area (Å²) >= 11 is 0. The molecule has 0 fully saturated rings.